The van der Waals surface area contributed by atoms with Gasteiger partial charge in [-0.3, -0.25) is 4.79 Å². The smallest absolute Gasteiger partial charge is 0.340 e. The fraction of sp³-hybridized carbons (Fsp3) is 0.118. The normalized spacial score (nSPS) is 10.4. The van der Waals surface area contributed by atoms with Crippen LogP contribution in [0.15, 0.2) is 47.2 Å². The van der Waals surface area contributed by atoms with Crippen LogP contribution in [0.3, 0.4) is 0 Å². The summed E-state index contributed by atoms with van der Waals surface area (Å²) in [5.41, 5.74) is 1.05. The number of carbonyl (C=O) groups is 2. The van der Waals surface area contributed by atoms with Crippen molar-refractivity contribution >= 4 is 40.2 Å². The summed E-state index contributed by atoms with van der Waals surface area (Å²) >= 11 is 2.98. The number of rotatable bonds is 5. The predicted molar refractivity (Wildman–Crippen MR) is 95.8 cm³/mol. The fourth-order valence-electron chi connectivity index (χ4n) is 2.06. The molecular formula is C17H14N2O3S2. The Kier molecular flexibility index (Phi) is 5.02. The van der Waals surface area contributed by atoms with Gasteiger partial charge in [0.15, 0.2) is 0 Å². The Labute approximate surface area is 146 Å². The van der Waals surface area contributed by atoms with E-state index < -0.39 is 5.97 Å². The monoisotopic (exact) mass is 358 g/mol. The zero-order valence-corrected chi connectivity index (χ0v) is 14.4. The molecule has 0 aliphatic carbocycles. The molecule has 122 valence electrons. The lowest BCUT2D eigenvalue weighted by Gasteiger charge is -2.09. The largest absolute Gasteiger partial charge is 0.462 e. The molecule has 1 N–H and O–H groups in total. The number of benzene rings is 1. The lowest BCUT2D eigenvalue weighted by Crippen LogP contribution is -2.16. The number of thiazole rings is 1. The summed E-state index contributed by atoms with van der Waals surface area (Å²) in [6.07, 6.45) is 0. The van der Waals surface area contributed by atoms with Gasteiger partial charge < -0.3 is 10.1 Å². The molecule has 2 aromatic heterocycles. The molecule has 1 aromatic carbocycles. The summed E-state index contributed by atoms with van der Waals surface area (Å²) in [4.78, 5) is 29.8. The van der Waals surface area contributed by atoms with Crippen molar-refractivity contribution in [2.45, 2.75) is 6.92 Å². The number of hydrogen-bond donors (Lipinski definition) is 1. The first-order chi connectivity index (χ1) is 11.7. The number of nitrogens with one attached hydrogen (secondary N) is 1. The summed E-state index contributed by atoms with van der Waals surface area (Å²) < 4.78 is 5.01. The molecule has 0 atom stereocenters. The molecule has 0 aliphatic heterocycles. The Morgan fingerprint density at radius 3 is 2.75 bits per heavy atom. The SMILES string of the molecule is CCOC(=O)c1ccccc1NC(=O)c1csc(-c2cccs2)n1. The van der Waals surface area contributed by atoms with Crippen molar-refractivity contribution < 1.29 is 14.3 Å². The van der Waals surface area contributed by atoms with Crippen molar-refractivity contribution in [3.63, 3.8) is 0 Å². The van der Waals surface area contributed by atoms with Gasteiger partial charge >= 0.3 is 5.97 Å². The van der Waals surface area contributed by atoms with Crippen molar-refractivity contribution in [3.8, 4) is 9.88 Å². The van der Waals surface area contributed by atoms with Gasteiger partial charge in [-0.2, -0.15) is 0 Å². The highest BCUT2D eigenvalue weighted by atomic mass is 32.1. The number of para-hydroxylation sites is 1. The van der Waals surface area contributed by atoms with Crippen LogP contribution in [0.5, 0.6) is 0 Å². The zero-order chi connectivity index (χ0) is 16.9. The predicted octanol–water partition coefficient (Wildman–Crippen LogP) is 4.30. The van der Waals surface area contributed by atoms with Crippen molar-refractivity contribution in [1.82, 2.24) is 4.98 Å². The van der Waals surface area contributed by atoms with Gasteiger partial charge in [-0.25, -0.2) is 9.78 Å². The number of hydrogen-bond acceptors (Lipinski definition) is 6. The molecule has 3 rings (SSSR count). The molecule has 0 radical (unpaired) electrons. The van der Waals surface area contributed by atoms with Crippen LogP contribution in [-0.2, 0) is 4.74 Å². The molecule has 0 bridgehead atoms. The summed E-state index contributed by atoms with van der Waals surface area (Å²) in [6.45, 7) is 2.01. The van der Waals surface area contributed by atoms with E-state index in [2.05, 4.69) is 10.3 Å². The molecule has 0 saturated heterocycles. The van der Waals surface area contributed by atoms with Crippen molar-refractivity contribution in [3.05, 3.63) is 58.4 Å². The summed E-state index contributed by atoms with van der Waals surface area (Å²) in [7, 11) is 0. The second kappa shape index (κ2) is 7.37. The quantitative estimate of drug-likeness (QED) is 0.691. The first-order valence-electron chi connectivity index (χ1n) is 7.26. The van der Waals surface area contributed by atoms with Crippen LogP contribution in [0.1, 0.15) is 27.8 Å². The maximum atomic E-state index is 12.4. The van der Waals surface area contributed by atoms with E-state index in [1.54, 1.807) is 47.9 Å². The van der Waals surface area contributed by atoms with E-state index >= 15 is 0 Å². The molecule has 0 unspecified atom stereocenters. The molecular weight excluding hydrogens is 344 g/mol. The summed E-state index contributed by atoms with van der Waals surface area (Å²) in [5, 5.41) is 7.20. The van der Waals surface area contributed by atoms with Gasteiger partial charge in [0.1, 0.15) is 10.7 Å². The number of ether oxygens (including phenoxy) is 1. The summed E-state index contributed by atoms with van der Waals surface area (Å²) in [5.74, 6) is -0.822. The molecule has 24 heavy (non-hydrogen) atoms. The van der Waals surface area contributed by atoms with Gasteiger partial charge in [-0.15, -0.1) is 22.7 Å². The maximum Gasteiger partial charge on any atom is 0.340 e. The second-order valence-electron chi connectivity index (χ2n) is 4.74. The Morgan fingerprint density at radius 2 is 2.00 bits per heavy atom. The molecule has 2 heterocycles. The van der Waals surface area contributed by atoms with Gasteiger partial charge in [0.2, 0.25) is 0 Å². The highest BCUT2D eigenvalue weighted by molar-refractivity contribution is 7.20. The molecule has 0 spiro atoms. The van der Waals surface area contributed by atoms with E-state index in [9.17, 15) is 9.59 Å². The van der Waals surface area contributed by atoms with E-state index in [0.717, 1.165) is 9.88 Å². The number of nitrogens with zero attached hydrogens (tertiary/aromatic N) is 1. The first-order valence-corrected chi connectivity index (χ1v) is 9.02. The third kappa shape index (κ3) is 3.52. The molecule has 5 nitrogen and oxygen atoms in total. The Bertz CT molecular complexity index is 856. The number of aromatic nitrogens is 1. The number of anilines is 1. The number of amides is 1. The minimum Gasteiger partial charge on any atom is -0.462 e. The van der Waals surface area contributed by atoms with Gasteiger partial charge in [0.25, 0.3) is 5.91 Å². The molecule has 0 saturated carbocycles. The average Bonchev–Trinajstić information content (AvgIpc) is 3.27. The van der Waals surface area contributed by atoms with Crippen LogP contribution >= 0.6 is 22.7 Å². The van der Waals surface area contributed by atoms with Crippen LogP contribution in [0.4, 0.5) is 5.69 Å². The summed E-state index contributed by atoms with van der Waals surface area (Å²) in [6, 6.07) is 10.6. The van der Waals surface area contributed by atoms with Crippen LogP contribution in [0, 0.1) is 0 Å². The van der Waals surface area contributed by atoms with Gasteiger partial charge in [-0.1, -0.05) is 18.2 Å². The van der Waals surface area contributed by atoms with Crippen LogP contribution in [0.25, 0.3) is 9.88 Å². The van der Waals surface area contributed by atoms with Crippen molar-refractivity contribution in [1.29, 1.82) is 0 Å². The first kappa shape index (κ1) is 16.4. The van der Waals surface area contributed by atoms with E-state index in [-0.39, 0.29) is 12.5 Å². The Hall–Kier alpha value is -2.51. The fourth-order valence-corrected chi connectivity index (χ4v) is 3.67. The van der Waals surface area contributed by atoms with E-state index in [0.29, 0.717) is 16.9 Å². The van der Waals surface area contributed by atoms with Crippen molar-refractivity contribution in [2.75, 3.05) is 11.9 Å². The van der Waals surface area contributed by atoms with Gasteiger partial charge in [0.05, 0.1) is 22.7 Å². The van der Waals surface area contributed by atoms with Crippen LogP contribution in [0.2, 0.25) is 0 Å². The molecule has 0 fully saturated rings. The third-order valence-corrected chi connectivity index (χ3v) is 5.02. The van der Waals surface area contributed by atoms with Crippen LogP contribution in [-0.4, -0.2) is 23.5 Å². The van der Waals surface area contributed by atoms with E-state index in [4.69, 9.17) is 4.74 Å². The Morgan fingerprint density at radius 1 is 1.17 bits per heavy atom. The molecule has 7 heteroatoms. The van der Waals surface area contributed by atoms with E-state index in [1.165, 1.54) is 11.3 Å². The van der Waals surface area contributed by atoms with E-state index in [1.807, 2.05) is 17.5 Å². The number of carbonyl (C=O) groups excluding carboxylic acids is 2. The lowest BCUT2D eigenvalue weighted by molar-refractivity contribution is 0.0527. The standard InChI is InChI=1S/C17H14N2O3S2/c1-2-22-17(21)11-6-3-4-7-12(11)18-15(20)13-10-24-16(19-13)14-8-5-9-23-14/h3-10H,2H2,1H3,(H,18,20). The second-order valence-corrected chi connectivity index (χ2v) is 6.54. The highest BCUT2D eigenvalue weighted by Gasteiger charge is 2.17. The molecule has 3 aromatic rings. The molecule has 0 aliphatic rings. The zero-order valence-electron chi connectivity index (χ0n) is 12.8. The van der Waals surface area contributed by atoms with Crippen molar-refractivity contribution in [2.24, 2.45) is 0 Å². The Balaban J connectivity index is 1.79. The third-order valence-electron chi connectivity index (χ3n) is 3.14. The average molecular weight is 358 g/mol. The lowest BCUT2D eigenvalue weighted by atomic mass is 10.1. The number of esters is 1. The maximum absolute atomic E-state index is 12.4. The van der Waals surface area contributed by atoms with Gasteiger partial charge in [0, 0.05) is 5.38 Å². The minimum absolute atomic E-state index is 0.275. The van der Waals surface area contributed by atoms with Crippen LogP contribution < -0.4 is 5.32 Å². The van der Waals surface area contributed by atoms with Gasteiger partial charge in [-0.05, 0) is 30.5 Å². The topological polar surface area (TPSA) is 68.3 Å². The molecule has 1 amide bonds. The number of thiophene rings is 1. The minimum atomic E-state index is -0.467. The highest BCUT2D eigenvalue weighted by Crippen LogP contribution is 2.28.